The Morgan fingerprint density at radius 1 is 1.50 bits per heavy atom. The van der Waals surface area contributed by atoms with Gasteiger partial charge in [0, 0.05) is 11.9 Å². The first-order valence-electron chi connectivity index (χ1n) is 3.56. The number of halogens is 1. The first-order valence-corrected chi connectivity index (χ1v) is 4.33. The van der Waals surface area contributed by atoms with Gasteiger partial charge in [0.2, 0.25) is 0 Å². The monoisotopic (exact) mass is 182 g/mol. The van der Waals surface area contributed by atoms with Crippen LogP contribution in [0.1, 0.15) is 5.69 Å². The lowest BCUT2D eigenvalue weighted by Crippen LogP contribution is -1.95. The number of benzene rings is 1. The van der Waals surface area contributed by atoms with Crippen LogP contribution < -0.4 is 5.73 Å². The van der Waals surface area contributed by atoms with Gasteiger partial charge < -0.3 is 5.73 Å². The Morgan fingerprint density at radius 3 is 3.08 bits per heavy atom. The van der Waals surface area contributed by atoms with Crippen molar-refractivity contribution in [2.45, 2.75) is 6.54 Å². The number of nitrogens with two attached hydrogens (primary N) is 1. The van der Waals surface area contributed by atoms with Crippen molar-refractivity contribution in [3.05, 3.63) is 29.7 Å². The summed E-state index contributed by atoms with van der Waals surface area (Å²) in [5.41, 5.74) is 6.20. The van der Waals surface area contributed by atoms with Gasteiger partial charge in [-0.05, 0) is 17.6 Å². The van der Waals surface area contributed by atoms with Gasteiger partial charge in [0.15, 0.2) is 0 Å². The average molecular weight is 182 g/mol. The molecule has 2 rings (SSSR count). The van der Waals surface area contributed by atoms with Gasteiger partial charge in [-0.2, -0.15) is 4.37 Å². The summed E-state index contributed by atoms with van der Waals surface area (Å²) in [4.78, 5) is 0. The zero-order chi connectivity index (χ0) is 8.55. The third-order valence-corrected chi connectivity index (χ3v) is 2.63. The lowest BCUT2D eigenvalue weighted by atomic mass is 10.2. The van der Waals surface area contributed by atoms with Crippen LogP contribution in [0.5, 0.6) is 0 Å². The van der Waals surface area contributed by atoms with E-state index in [-0.39, 0.29) is 5.82 Å². The molecular weight excluding hydrogens is 175 g/mol. The molecule has 62 valence electrons. The molecule has 0 atom stereocenters. The molecule has 1 aromatic heterocycles. The first-order chi connectivity index (χ1) is 5.83. The summed E-state index contributed by atoms with van der Waals surface area (Å²) in [6.07, 6.45) is 0. The molecule has 1 aromatic carbocycles. The quantitative estimate of drug-likeness (QED) is 0.731. The van der Waals surface area contributed by atoms with Gasteiger partial charge >= 0.3 is 0 Å². The number of hydrogen-bond donors (Lipinski definition) is 1. The third kappa shape index (κ3) is 1.00. The van der Waals surface area contributed by atoms with E-state index in [1.165, 1.54) is 6.07 Å². The second-order valence-corrected chi connectivity index (χ2v) is 3.22. The van der Waals surface area contributed by atoms with E-state index >= 15 is 0 Å². The minimum Gasteiger partial charge on any atom is -0.325 e. The van der Waals surface area contributed by atoms with Crippen LogP contribution >= 0.6 is 11.5 Å². The molecule has 0 spiro atoms. The van der Waals surface area contributed by atoms with Gasteiger partial charge in [0.1, 0.15) is 5.82 Å². The largest absolute Gasteiger partial charge is 0.325 e. The predicted octanol–water partition coefficient (Wildman–Crippen LogP) is 1.89. The second-order valence-electron chi connectivity index (χ2n) is 2.45. The number of aromatic nitrogens is 1. The fraction of sp³-hybridized carbons (Fsp3) is 0.125. The van der Waals surface area contributed by atoms with Crippen LogP contribution in [-0.4, -0.2) is 4.37 Å². The Balaban J connectivity index is 2.80. The molecule has 0 unspecified atom stereocenters. The average Bonchev–Trinajstić information content (AvgIpc) is 2.49. The van der Waals surface area contributed by atoms with Gasteiger partial charge in [-0.1, -0.05) is 12.1 Å². The highest BCUT2D eigenvalue weighted by atomic mass is 32.1. The lowest BCUT2D eigenvalue weighted by molar-refractivity contribution is 0.641. The summed E-state index contributed by atoms with van der Waals surface area (Å²) in [5, 5.41) is 0.836. The second kappa shape index (κ2) is 2.80. The summed E-state index contributed by atoms with van der Waals surface area (Å²) in [7, 11) is 0. The Labute approximate surface area is 73.0 Å². The van der Waals surface area contributed by atoms with E-state index in [4.69, 9.17) is 5.73 Å². The first kappa shape index (κ1) is 7.64. The molecule has 0 aliphatic heterocycles. The molecule has 0 aliphatic rings. The fourth-order valence-electron chi connectivity index (χ4n) is 1.13. The fourth-order valence-corrected chi connectivity index (χ4v) is 1.94. The van der Waals surface area contributed by atoms with Crippen molar-refractivity contribution >= 4 is 21.6 Å². The van der Waals surface area contributed by atoms with Crippen molar-refractivity contribution in [1.82, 2.24) is 4.37 Å². The summed E-state index contributed by atoms with van der Waals surface area (Å²) < 4.78 is 17.7. The highest BCUT2D eigenvalue weighted by molar-refractivity contribution is 7.13. The standard InChI is InChI=1S/C8H7FN2S/c9-6-3-1-2-5-7(4-10)11-12-8(5)6/h1-3H,4,10H2. The van der Waals surface area contributed by atoms with Gasteiger partial charge in [0.25, 0.3) is 0 Å². The number of fused-ring (bicyclic) bond motifs is 1. The summed E-state index contributed by atoms with van der Waals surface area (Å²) in [5.74, 6) is -0.218. The molecule has 0 saturated heterocycles. The molecule has 0 fully saturated rings. The highest BCUT2D eigenvalue weighted by Crippen LogP contribution is 2.24. The van der Waals surface area contributed by atoms with Gasteiger partial charge in [-0.3, -0.25) is 0 Å². The molecule has 0 radical (unpaired) electrons. The van der Waals surface area contributed by atoms with E-state index in [0.717, 1.165) is 22.6 Å². The molecular formula is C8H7FN2S. The van der Waals surface area contributed by atoms with E-state index in [9.17, 15) is 4.39 Å². The minimum atomic E-state index is -0.218. The molecule has 0 saturated carbocycles. The topological polar surface area (TPSA) is 38.9 Å². The maximum atomic E-state index is 13.1. The number of nitrogens with zero attached hydrogens (tertiary/aromatic N) is 1. The SMILES string of the molecule is NCc1nsc2c(F)cccc12. The molecule has 2 aromatic rings. The molecule has 0 bridgehead atoms. The van der Waals surface area contributed by atoms with Crippen LogP contribution in [0.25, 0.3) is 10.1 Å². The van der Waals surface area contributed by atoms with Crippen LogP contribution in [0.4, 0.5) is 4.39 Å². The zero-order valence-corrected chi connectivity index (χ0v) is 7.07. The molecule has 2 nitrogen and oxygen atoms in total. The van der Waals surface area contributed by atoms with Crippen molar-refractivity contribution in [1.29, 1.82) is 0 Å². The third-order valence-electron chi connectivity index (χ3n) is 1.72. The summed E-state index contributed by atoms with van der Waals surface area (Å²) in [6.45, 7) is 0.365. The van der Waals surface area contributed by atoms with Crippen LogP contribution in [0.3, 0.4) is 0 Å². The minimum absolute atomic E-state index is 0.218. The van der Waals surface area contributed by atoms with Crippen LogP contribution in [0.15, 0.2) is 18.2 Å². The van der Waals surface area contributed by atoms with Crippen LogP contribution in [0.2, 0.25) is 0 Å². The molecule has 4 heteroatoms. The van der Waals surface area contributed by atoms with Gasteiger partial charge in [-0.25, -0.2) is 4.39 Å². The maximum absolute atomic E-state index is 13.1. The van der Waals surface area contributed by atoms with E-state index < -0.39 is 0 Å². The Kier molecular flexibility index (Phi) is 1.78. The number of hydrogen-bond acceptors (Lipinski definition) is 3. The van der Waals surface area contributed by atoms with Crippen LogP contribution in [0, 0.1) is 5.82 Å². The predicted molar refractivity (Wildman–Crippen MR) is 47.5 cm³/mol. The van der Waals surface area contributed by atoms with Crippen LogP contribution in [-0.2, 0) is 6.54 Å². The summed E-state index contributed by atoms with van der Waals surface area (Å²) in [6, 6.07) is 4.94. The molecule has 1 heterocycles. The van der Waals surface area contributed by atoms with E-state index in [1.54, 1.807) is 6.07 Å². The van der Waals surface area contributed by atoms with Crippen molar-refractivity contribution < 1.29 is 4.39 Å². The molecule has 0 amide bonds. The zero-order valence-electron chi connectivity index (χ0n) is 6.25. The van der Waals surface area contributed by atoms with Crippen molar-refractivity contribution in [2.75, 3.05) is 0 Å². The van der Waals surface area contributed by atoms with Gasteiger partial charge in [-0.15, -0.1) is 0 Å². The Hall–Kier alpha value is -1.00. The van der Waals surface area contributed by atoms with Crippen molar-refractivity contribution in [3.63, 3.8) is 0 Å². The normalized spacial score (nSPS) is 10.8. The van der Waals surface area contributed by atoms with Crippen molar-refractivity contribution in [2.24, 2.45) is 5.73 Å². The van der Waals surface area contributed by atoms with E-state index in [2.05, 4.69) is 4.37 Å². The van der Waals surface area contributed by atoms with Crippen molar-refractivity contribution in [3.8, 4) is 0 Å². The smallest absolute Gasteiger partial charge is 0.142 e. The van der Waals surface area contributed by atoms with E-state index in [1.807, 2.05) is 6.07 Å². The maximum Gasteiger partial charge on any atom is 0.142 e. The lowest BCUT2D eigenvalue weighted by Gasteiger charge is -1.91. The molecule has 12 heavy (non-hydrogen) atoms. The molecule has 2 N–H and O–H groups in total. The summed E-state index contributed by atoms with van der Waals surface area (Å²) >= 11 is 1.16. The Bertz CT molecular complexity index is 410. The van der Waals surface area contributed by atoms with E-state index in [0.29, 0.717) is 11.2 Å². The van der Waals surface area contributed by atoms with Gasteiger partial charge in [0.05, 0.1) is 10.4 Å². The Morgan fingerprint density at radius 2 is 2.33 bits per heavy atom. The molecule has 0 aliphatic carbocycles. The number of rotatable bonds is 1. The highest BCUT2D eigenvalue weighted by Gasteiger charge is 2.06.